The number of aromatic nitrogens is 6. The van der Waals surface area contributed by atoms with Gasteiger partial charge in [0.05, 0.1) is 41.0 Å². The zero-order valence-corrected chi connectivity index (χ0v) is 43.4. The Morgan fingerprint density at radius 3 is 1.52 bits per heavy atom. The molecule has 6 heterocycles. The summed E-state index contributed by atoms with van der Waals surface area (Å²) in [6.45, 7) is 0.548. The van der Waals surface area contributed by atoms with E-state index in [1.807, 2.05) is 128 Å². The number of hydrogen-bond acceptors (Lipinski definition) is 4. The smallest absolute Gasteiger partial charge is 0.657 e. The molecule has 0 saturated carbocycles. The fourth-order valence-electron chi connectivity index (χ4n) is 9.39. The number of anilines is 1. The van der Waals surface area contributed by atoms with Crippen LogP contribution in [0.3, 0.4) is 0 Å². The minimum atomic E-state index is -0.235. The van der Waals surface area contributed by atoms with Gasteiger partial charge in [-0.3, -0.25) is 4.79 Å². The van der Waals surface area contributed by atoms with Crippen molar-refractivity contribution >= 4 is 80.6 Å². The molecule has 2 aliphatic rings. The third kappa shape index (κ3) is 9.04. The number of fused-ring (bicyclic) bond motifs is 8. The van der Waals surface area contributed by atoms with E-state index in [9.17, 15) is 4.79 Å². The van der Waals surface area contributed by atoms with Gasteiger partial charge in [-0.25, -0.2) is 15.0 Å². The van der Waals surface area contributed by atoms with Crippen LogP contribution in [0.1, 0.15) is 38.7 Å². The van der Waals surface area contributed by atoms with E-state index in [0.29, 0.717) is 29.0 Å². The first-order valence-electron chi connectivity index (χ1n) is 23.0. The average molecular weight is 1080 g/mol. The summed E-state index contributed by atoms with van der Waals surface area (Å²) < 4.78 is 3.27. The third-order valence-electron chi connectivity index (χ3n) is 12.6. The Morgan fingerprint density at radius 1 is 0.507 bits per heavy atom. The number of amides is 1. The molecular formula is C61H40IN7OZn. The SMILES string of the molecule is O=C(Nc1ccccc1-c1c2nc(c(-c3ccccc3)c3ccc([n-]3)c(-c3ccccc3)c3nc(c(-c4ccccc4)c4ccc1[n-]4)C=C3)C=C2)c1cccc(Cn2cncc2-c2ccc(I)cc2)c1.[Zn+2]. The summed E-state index contributed by atoms with van der Waals surface area (Å²) in [5.41, 5.74) is 17.6. The van der Waals surface area contributed by atoms with Crippen LogP contribution >= 0.6 is 22.6 Å². The van der Waals surface area contributed by atoms with Crippen LogP contribution in [0.5, 0.6) is 0 Å². The second-order valence-corrected chi connectivity index (χ2v) is 18.3. The van der Waals surface area contributed by atoms with E-state index in [4.69, 9.17) is 19.9 Å². The normalized spacial score (nSPS) is 11.6. The molecule has 0 saturated heterocycles. The van der Waals surface area contributed by atoms with Gasteiger partial charge in [0.2, 0.25) is 0 Å². The van der Waals surface area contributed by atoms with Crippen LogP contribution < -0.4 is 15.3 Å². The summed E-state index contributed by atoms with van der Waals surface area (Å²) in [5, 5.41) is 3.29. The minimum absolute atomic E-state index is 0. The summed E-state index contributed by atoms with van der Waals surface area (Å²) in [7, 11) is 0. The molecule has 0 aliphatic carbocycles. The second kappa shape index (κ2) is 19.8. The molecule has 334 valence electrons. The Balaban J connectivity index is 0.00000547. The van der Waals surface area contributed by atoms with E-state index < -0.39 is 0 Å². The van der Waals surface area contributed by atoms with Crippen LogP contribution in [0, 0.1) is 3.57 Å². The molecule has 12 rings (SSSR count). The van der Waals surface area contributed by atoms with Crippen molar-refractivity contribution in [3.8, 4) is 55.8 Å². The molecule has 10 heteroatoms. The molecule has 0 unspecified atom stereocenters. The first-order valence-corrected chi connectivity index (χ1v) is 24.1. The number of halogens is 1. The Morgan fingerprint density at radius 2 is 0.986 bits per heavy atom. The van der Waals surface area contributed by atoms with Gasteiger partial charge in [0.15, 0.2) is 0 Å². The quantitative estimate of drug-likeness (QED) is 0.114. The Labute approximate surface area is 436 Å². The molecule has 8 bridgehead atoms. The first kappa shape index (κ1) is 45.4. The number of benzene rings is 6. The predicted octanol–water partition coefficient (Wildman–Crippen LogP) is 14.3. The van der Waals surface area contributed by atoms with Crippen LogP contribution in [0.2, 0.25) is 0 Å². The number of carbonyl (C=O) groups is 1. The Bertz CT molecular complexity index is 3820. The van der Waals surface area contributed by atoms with Crippen molar-refractivity contribution in [2.45, 2.75) is 6.54 Å². The van der Waals surface area contributed by atoms with E-state index in [1.54, 1.807) is 0 Å². The molecule has 4 aromatic heterocycles. The van der Waals surface area contributed by atoms with E-state index in [1.165, 1.54) is 3.57 Å². The fourth-order valence-corrected chi connectivity index (χ4v) is 9.74. The first-order chi connectivity index (χ1) is 34.5. The van der Waals surface area contributed by atoms with Crippen molar-refractivity contribution in [2.24, 2.45) is 0 Å². The second-order valence-electron chi connectivity index (χ2n) is 17.1. The molecule has 2 aliphatic heterocycles. The molecule has 10 aromatic rings. The largest absolute Gasteiger partial charge is 2.00 e. The van der Waals surface area contributed by atoms with E-state index >= 15 is 0 Å². The molecule has 8 nitrogen and oxygen atoms in total. The van der Waals surface area contributed by atoms with E-state index in [2.05, 4.69) is 135 Å². The van der Waals surface area contributed by atoms with Gasteiger partial charge in [-0.05, 0) is 127 Å². The molecule has 0 atom stereocenters. The zero-order valence-electron chi connectivity index (χ0n) is 38.2. The van der Waals surface area contributed by atoms with Gasteiger partial charge in [-0.15, -0.1) is 22.1 Å². The average Bonchev–Trinajstić information content (AvgIpc) is 4.28. The maximum absolute atomic E-state index is 14.5. The van der Waals surface area contributed by atoms with Gasteiger partial charge in [0.1, 0.15) is 0 Å². The van der Waals surface area contributed by atoms with Crippen molar-refractivity contribution in [3.05, 3.63) is 238 Å². The Kier molecular flexibility index (Phi) is 12.6. The number of nitrogens with zero attached hydrogens (tertiary/aromatic N) is 6. The van der Waals surface area contributed by atoms with Crippen molar-refractivity contribution in [1.29, 1.82) is 0 Å². The van der Waals surface area contributed by atoms with Crippen molar-refractivity contribution in [2.75, 3.05) is 5.32 Å². The summed E-state index contributed by atoms with van der Waals surface area (Å²) in [4.78, 5) is 40.6. The number of hydrogen-bond donors (Lipinski definition) is 1. The van der Waals surface area contributed by atoms with Gasteiger partial charge in [-0.1, -0.05) is 158 Å². The van der Waals surface area contributed by atoms with Crippen LogP contribution in [-0.2, 0) is 26.0 Å². The Hall–Kier alpha value is -8.05. The van der Waals surface area contributed by atoms with Crippen LogP contribution in [0.4, 0.5) is 5.69 Å². The summed E-state index contributed by atoms with van der Waals surface area (Å²) in [5.74, 6) is -0.235. The van der Waals surface area contributed by atoms with Gasteiger partial charge < -0.3 is 19.9 Å². The van der Waals surface area contributed by atoms with Gasteiger partial charge in [0.25, 0.3) is 5.91 Å². The van der Waals surface area contributed by atoms with Crippen molar-refractivity contribution < 1.29 is 24.3 Å². The molecule has 0 spiro atoms. The minimum Gasteiger partial charge on any atom is -0.657 e. The van der Waals surface area contributed by atoms with E-state index in [0.717, 1.165) is 95.0 Å². The standard InChI is InChI=1S/C61H41IN7O.Zn/c62-45-25-23-40(24-26-45)56-36-63-38-69(56)37-39-13-12-20-44(35-39)61(70)68-47-22-11-10-21-46(47)60-54-33-31-52(66-54)58(42-16-6-2-7-17-42)50-29-27-48(64-50)57(41-14-4-1-5-15-41)49-28-30-51(65-49)59(43-18-8-3-9-19-43)53-32-34-55(60)67-53;/h1-36,38H,37H2,(H2-,64,65,66,67,68,70);/q-1;+2/p-1. The van der Waals surface area contributed by atoms with Crippen molar-refractivity contribution in [1.82, 2.24) is 29.5 Å². The topological polar surface area (TPSA) is 101 Å². The monoisotopic (exact) mass is 1080 g/mol. The van der Waals surface area contributed by atoms with Crippen LogP contribution in [0.15, 0.2) is 201 Å². The fraction of sp³-hybridized carbons (Fsp3) is 0.0164. The third-order valence-corrected chi connectivity index (χ3v) is 13.4. The van der Waals surface area contributed by atoms with Crippen LogP contribution in [0.25, 0.3) is 102 Å². The summed E-state index contributed by atoms with van der Waals surface area (Å²) in [6.07, 6.45) is 12.0. The summed E-state index contributed by atoms with van der Waals surface area (Å²) >= 11 is 2.31. The molecule has 0 fully saturated rings. The number of para-hydroxylation sites is 1. The zero-order chi connectivity index (χ0) is 47.0. The van der Waals surface area contributed by atoms with Gasteiger partial charge in [0, 0.05) is 26.9 Å². The van der Waals surface area contributed by atoms with Gasteiger partial charge in [-0.2, -0.15) is 0 Å². The number of carbonyl (C=O) groups excluding carboxylic acids is 1. The predicted molar refractivity (Wildman–Crippen MR) is 292 cm³/mol. The molecule has 1 N–H and O–H groups in total. The van der Waals surface area contributed by atoms with Gasteiger partial charge >= 0.3 is 19.5 Å². The van der Waals surface area contributed by atoms with E-state index in [-0.39, 0.29) is 25.4 Å². The molecule has 0 radical (unpaired) electrons. The number of imidazole rings is 1. The molecule has 1 amide bonds. The molecule has 6 aromatic carbocycles. The molecule has 71 heavy (non-hydrogen) atoms. The number of nitrogens with one attached hydrogen (secondary N) is 1. The van der Waals surface area contributed by atoms with Crippen molar-refractivity contribution in [3.63, 3.8) is 0 Å². The van der Waals surface area contributed by atoms with Crippen LogP contribution in [-0.4, -0.2) is 25.4 Å². The molecular weight excluding hydrogens is 1040 g/mol. The summed E-state index contributed by atoms with van der Waals surface area (Å²) in [6, 6.07) is 63.1. The maximum atomic E-state index is 14.5. The maximum Gasteiger partial charge on any atom is 2.00 e. The number of rotatable bonds is 9.